The fourth-order valence-electron chi connectivity index (χ4n) is 4.22. The van der Waals surface area contributed by atoms with Gasteiger partial charge in [0.2, 0.25) is 5.91 Å². The Kier molecular flexibility index (Phi) is 6.96. The molecule has 0 spiro atoms. The van der Waals surface area contributed by atoms with E-state index in [1.807, 2.05) is 35.7 Å². The van der Waals surface area contributed by atoms with E-state index in [9.17, 15) is 9.59 Å². The van der Waals surface area contributed by atoms with Crippen molar-refractivity contribution in [3.63, 3.8) is 0 Å². The van der Waals surface area contributed by atoms with Crippen molar-refractivity contribution < 1.29 is 23.8 Å². The fourth-order valence-corrected chi connectivity index (χ4v) is 5.09. The Hall–Kier alpha value is -3.36. The molecule has 0 saturated carbocycles. The molecule has 0 radical (unpaired) electrons. The molecule has 4 rings (SSSR count). The number of hydrogen-bond acceptors (Lipinski definition) is 6. The Balaban J connectivity index is 1.76. The van der Waals surface area contributed by atoms with E-state index in [4.69, 9.17) is 14.2 Å². The quantitative estimate of drug-likeness (QED) is 0.535. The van der Waals surface area contributed by atoms with Gasteiger partial charge in [0, 0.05) is 35.8 Å². The van der Waals surface area contributed by atoms with Crippen molar-refractivity contribution in [1.29, 1.82) is 0 Å². The second-order valence-electron chi connectivity index (χ2n) is 7.58. The molecule has 33 heavy (non-hydrogen) atoms. The zero-order valence-electron chi connectivity index (χ0n) is 18.7. The van der Waals surface area contributed by atoms with Crippen LogP contribution in [0.2, 0.25) is 0 Å². The van der Waals surface area contributed by atoms with Gasteiger partial charge in [-0.3, -0.25) is 9.59 Å². The van der Waals surface area contributed by atoms with Crippen LogP contribution in [0.15, 0.2) is 60.0 Å². The van der Waals surface area contributed by atoms with Crippen molar-refractivity contribution in [2.24, 2.45) is 0 Å². The first-order valence-electron chi connectivity index (χ1n) is 10.5. The molecule has 0 bridgehead atoms. The smallest absolute Gasteiger partial charge is 0.254 e. The highest BCUT2D eigenvalue weighted by atomic mass is 32.1. The average molecular weight is 467 g/mol. The predicted molar refractivity (Wildman–Crippen MR) is 127 cm³/mol. The Morgan fingerprint density at radius 2 is 1.82 bits per heavy atom. The largest absolute Gasteiger partial charge is 0.493 e. The number of carbonyl (C=O) groups excluding carboxylic acids is 2. The summed E-state index contributed by atoms with van der Waals surface area (Å²) in [5.74, 6) is 0.194. The standard InChI is InChI=1S/C25H26N2O5S/c1-30-13-12-27-23(21-9-6-14-33-21)22(17-7-4-5-8-18(17)25(27)29)24(28)26-16-10-11-19(31-2)20(15-16)32-3/h4-11,14-15,22-23H,12-13H2,1-3H3,(H,26,28)/t22-,23-/m0/s1. The molecule has 1 aromatic heterocycles. The van der Waals surface area contributed by atoms with Crippen molar-refractivity contribution in [2.45, 2.75) is 12.0 Å². The van der Waals surface area contributed by atoms with Crippen LogP contribution < -0.4 is 14.8 Å². The first-order valence-corrected chi connectivity index (χ1v) is 11.4. The lowest BCUT2D eigenvalue weighted by atomic mass is 9.81. The monoisotopic (exact) mass is 466 g/mol. The molecule has 2 heterocycles. The lowest BCUT2D eigenvalue weighted by molar-refractivity contribution is -0.119. The molecule has 2 atom stereocenters. The van der Waals surface area contributed by atoms with Gasteiger partial charge in [0.1, 0.15) is 0 Å². The molecule has 2 amide bonds. The number of hydrogen-bond donors (Lipinski definition) is 1. The molecule has 8 heteroatoms. The van der Waals surface area contributed by atoms with Gasteiger partial charge in [-0.25, -0.2) is 0 Å². The van der Waals surface area contributed by atoms with Crippen LogP contribution in [-0.4, -0.2) is 51.2 Å². The van der Waals surface area contributed by atoms with Crippen molar-refractivity contribution >= 4 is 28.8 Å². The number of thiophene rings is 1. The van der Waals surface area contributed by atoms with Gasteiger partial charge in [0.05, 0.1) is 32.8 Å². The third-order valence-corrected chi connectivity index (χ3v) is 6.69. The summed E-state index contributed by atoms with van der Waals surface area (Å²) < 4.78 is 15.9. The first kappa shape index (κ1) is 22.8. The van der Waals surface area contributed by atoms with Gasteiger partial charge < -0.3 is 24.4 Å². The van der Waals surface area contributed by atoms with Gasteiger partial charge in [-0.05, 0) is 35.2 Å². The molecule has 3 aromatic rings. The van der Waals surface area contributed by atoms with E-state index in [1.165, 1.54) is 11.3 Å². The van der Waals surface area contributed by atoms with Gasteiger partial charge in [-0.1, -0.05) is 24.3 Å². The van der Waals surface area contributed by atoms with Crippen LogP contribution in [0.25, 0.3) is 0 Å². The zero-order chi connectivity index (χ0) is 23.4. The van der Waals surface area contributed by atoms with Gasteiger partial charge in [0.25, 0.3) is 5.91 Å². The molecule has 0 fully saturated rings. The van der Waals surface area contributed by atoms with Crippen molar-refractivity contribution in [3.8, 4) is 11.5 Å². The number of methoxy groups -OCH3 is 3. The van der Waals surface area contributed by atoms with E-state index in [1.54, 1.807) is 50.5 Å². The van der Waals surface area contributed by atoms with Gasteiger partial charge >= 0.3 is 0 Å². The summed E-state index contributed by atoms with van der Waals surface area (Å²) in [5, 5.41) is 4.98. The van der Waals surface area contributed by atoms with Crippen molar-refractivity contribution in [2.75, 3.05) is 39.8 Å². The minimum absolute atomic E-state index is 0.101. The number of anilines is 1. The van der Waals surface area contributed by atoms with E-state index >= 15 is 0 Å². The topological polar surface area (TPSA) is 77.1 Å². The summed E-state index contributed by atoms with van der Waals surface area (Å²) in [7, 11) is 4.71. The predicted octanol–water partition coefficient (Wildman–Crippen LogP) is 4.33. The fraction of sp³-hybridized carbons (Fsp3) is 0.280. The summed E-state index contributed by atoms with van der Waals surface area (Å²) in [6, 6.07) is 16.0. The molecule has 0 saturated heterocycles. The Morgan fingerprint density at radius 3 is 2.52 bits per heavy atom. The number of fused-ring (bicyclic) bond motifs is 1. The maximum atomic E-state index is 13.8. The number of ether oxygens (including phenoxy) is 3. The zero-order valence-corrected chi connectivity index (χ0v) is 19.6. The molecule has 0 unspecified atom stereocenters. The molecule has 7 nitrogen and oxygen atoms in total. The van der Waals surface area contributed by atoms with Gasteiger partial charge in [-0.15, -0.1) is 11.3 Å². The number of benzene rings is 2. The van der Waals surface area contributed by atoms with Crippen LogP contribution in [-0.2, 0) is 9.53 Å². The van der Waals surface area contributed by atoms with Crippen LogP contribution in [0.4, 0.5) is 5.69 Å². The lowest BCUT2D eigenvalue weighted by Gasteiger charge is -2.41. The van der Waals surface area contributed by atoms with Crippen molar-refractivity contribution in [3.05, 3.63) is 76.0 Å². The number of nitrogens with one attached hydrogen (secondary N) is 1. The van der Waals surface area contributed by atoms with Crippen LogP contribution >= 0.6 is 11.3 Å². The number of nitrogens with zero attached hydrogens (tertiary/aromatic N) is 1. The minimum Gasteiger partial charge on any atom is -0.493 e. The third kappa shape index (κ3) is 4.44. The Labute approximate surface area is 196 Å². The first-order chi connectivity index (χ1) is 16.1. The Bertz CT molecular complexity index is 1130. The van der Waals surface area contributed by atoms with E-state index in [2.05, 4.69) is 5.32 Å². The summed E-state index contributed by atoms with van der Waals surface area (Å²) >= 11 is 1.53. The van der Waals surface area contributed by atoms with Gasteiger partial charge in [0.15, 0.2) is 11.5 Å². The molecule has 172 valence electrons. The maximum absolute atomic E-state index is 13.8. The number of carbonyl (C=O) groups is 2. The summed E-state index contributed by atoms with van der Waals surface area (Å²) in [5.41, 5.74) is 1.84. The van der Waals surface area contributed by atoms with E-state index < -0.39 is 12.0 Å². The Morgan fingerprint density at radius 1 is 1.03 bits per heavy atom. The summed E-state index contributed by atoms with van der Waals surface area (Å²) in [4.78, 5) is 29.9. The average Bonchev–Trinajstić information content (AvgIpc) is 3.37. The highest BCUT2D eigenvalue weighted by molar-refractivity contribution is 7.10. The summed E-state index contributed by atoms with van der Waals surface area (Å²) in [6.45, 7) is 0.756. The number of amides is 2. The maximum Gasteiger partial charge on any atom is 0.254 e. The second kappa shape index (κ2) is 10.1. The van der Waals surface area contributed by atoms with Crippen molar-refractivity contribution in [1.82, 2.24) is 4.90 Å². The van der Waals surface area contributed by atoms with Gasteiger partial charge in [-0.2, -0.15) is 0 Å². The SMILES string of the molecule is COCCN1C(=O)c2ccccc2[C@H](C(=O)Nc2ccc(OC)c(OC)c2)[C@@H]1c1cccs1. The van der Waals surface area contributed by atoms with E-state index in [0.29, 0.717) is 41.5 Å². The van der Waals surface area contributed by atoms with E-state index in [-0.39, 0.29) is 11.8 Å². The molecular weight excluding hydrogens is 440 g/mol. The highest BCUT2D eigenvalue weighted by Crippen LogP contribution is 2.44. The minimum atomic E-state index is -0.595. The molecule has 1 N–H and O–H groups in total. The van der Waals surface area contributed by atoms with Crippen LogP contribution in [0.1, 0.15) is 32.8 Å². The number of rotatable bonds is 8. The lowest BCUT2D eigenvalue weighted by Crippen LogP contribution is -2.47. The molecule has 0 aliphatic carbocycles. The molecule has 2 aromatic carbocycles. The van der Waals surface area contributed by atoms with Crippen LogP contribution in [0.3, 0.4) is 0 Å². The van der Waals surface area contributed by atoms with Crippen LogP contribution in [0.5, 0.6) is 11.5 Å². The molecule has 1 aliphatic rings. The third-order valence-electron chi connectivity index (χ3n) is 5.74. The van der Waals surface area contributed by atoms with Crippen LogP contribution in [0, 0.1) is 0 Å². The summed E-state index contributed by atoms with van der Waals surface area (Å²) in [6.07, 6.45) is 0. The second-order valence-corrected chi connectivity index (χ2v) is 8.55. The normalized spacial score (nSPS) is 17.4. The molecular formula is C25H26N2O5S. The van der Waals surface area contributed by atoms with E-state index in [0.717, 1.165) is 4.88 Å². The highest BCUT2D eigenvalue weighted by Gasteiger charge is 2.44. The molecule has 1 aliphatic heterocycles.